The number of pyridine rings is 1. The van der Waals surface area contributed by atoms with Crippen LogP contribution in [0.1, 0.15) is 20.9 Å². The van der Waals surface area contributed by atoms with Crippen molar-refractivity contribution >= 4 is 28.0 Å². The Hall–Kier alpha value is -2.00. The van der Waals surface area contributed by atoms with Gasteiger partial charge in [-0.05, 0) is 30.5 Å². The van der Waals surface area contributed by atoms with E-state index in [1.807, 2.05) is 48.7 Å². The number of hydrogen-bond donors (Lipinski definition) is 0. The van der Waals surface area contributed by atoms with Gasteiger partial charge in [-0.1, -0.05) is 24.3 Å². The van der Waals surface area contributed by atoms with Crippen molar-refractivity contribution in [2.75, 3.05) is 0 Å². The van der Waals surface area contributed by atoms with E-state index in [2.05, 4.69) is 4.98 Å². The highest BCUT2D eigenvalue weighted by molar-refractivity contribution is 7.10. The Kier molecular flexibility index (Phi) is 2.68. The molecule has 0 radical (unpaired) electrons. The molecule has 0 bridgehead atoms. The van der Waals surface area contributed by atoms with Crippen LogP contribution < -0.4 is 0 Å². The predicted octanol–water partition coefficient (Wildman–Crippen LogP) is 3.84. The van der Waals surface area contributed by atoms with Crippen LogP contribution in [0.15, 0.2) is 47.8 Å². The fourth-order valence-corrected chi connectivity index (χ4v) is 2.65. The van der Waals surface area contributed by atoms with Crippen molar-refractivity contribution in [1.82, 2.24) is 4.98 Å². The highest BCUT2D eigenvalue weighted by Gasteiger charge is 2.14. The average Bonchev–Trinajstić information content (AvgIpc) is 2.83. The molecule has 3 heteroatoms. The molecule has 0 atom stereocenters. The number of benzene rings is 1. The van der Waals surface area contributed by atoms with Gasteiger partial charge in [0.15, 0.2) is 0 Å². The Labute approximate surface area is 109 Å². The largest absolute Gasteiger partial charge is 0.287 e. The van der Waals surface area contributed by atoms with Gasteiger partial charge < -0.3 is 0 Å². The van der Waals surface area contributed by atoms with Crippen LogP contribution in [0.25, 0.3) is 10.9 Å². The topological polar surface area (TPSA) is 30.0 Å². The molecular weight excluding hydrogens is 242 g/mol. The van der Waals surface area contributed by atoms with Crippen molar-refractivity contribution in [3.63, 3.8) is 0 Å². The van der Waals surface area contributed by atoms with Crippen LogP contribution >= 0.6 is 11.3 Å². The third-order valence-electron chi connectivity index (χ3n) is 2.93. The van der Waals surface area contributed by atoms with E-state index in [9.17, 15) is 4.79 Å². The summed E-state index contributed by atoms with van der Waals surface area (Å²) in [6.45, 7) is 1.96. The van der Waals surface area contributed by atoms with Gasteiger partial charge in [0.25, 0.3) is 0 Å². The van der Waals surface area contributed by atoms with Crippen molar-refractivity contribution in [3.8, 4) is 0 Å². The van der Waals surface area contributed by atoms with Crippen LogP contribution in [0.3, 0.4) is 0 Å². The van der Waals surface area contributed by atoms with Gasteiger partial charge >= 0.3 is 0 Å². The highest BCUT2D eigenvalue weighted by Crippen LogP contribution is 2.20. The quantitative estimate of drug-likeness (QED) is 0.649. The average molecular weight is 253 g/mol. The summed E-state index contributed by atoms with van der Waals surface area (Å²) < 4.78 is 0. The summed E-state index contributed by atoms with van der Waals surface area (Å²) in [5.41, 5.74) is 2.12. The Morgan fingerprint density at radius 1 is 1.11 bits per heavy atom. The molecule has 1 aromatic carbocycles. The maximum absolute atomic E-state index is 12.3. The van der Waals surface area contributed by atoms with E-state index in [-0.39, 0.29) is 5.78 Å². The van der Waals surface area contributed by atoms with Crippen LogP contribution in [0.4, 0.5) is 0 Å². The van der Waals surface area contributed by atoms with Crippen molar-refractivity contribution in [3.05, 3.63) is 64.0 Å². The van der Waals surface area contributed by atoms with Gasteiger partial charge in [-0.3, -0.25) is 4.79 Å². The molecular formula is C15H11NOS. The van der Waals surface area contributed by atoms with E-state index in [0.29, 0.717) is 5.69 Å². The zero-order valence-electron chi connectivity index (χ0n) is 9.88. The maximum Gasteiger partial charge on any atom is 0.212 e. The van der Waals surface area contributed by atoms with E-state index in [1.165, 1.54) is 0 Å². The molecule has 2 aromatic heterocycles. The molecule has 88 valence electrons. The van der Waals surface area contributed by atoms with E-state index >= 15 is 0 Å². The first kappa shape index (κ1) is 11.1. The lowest BCUT2D eigenvalue weighted by atomic mass is 10.1. The molecule has 0 spiro atoms. The lowest BCUT2D eigenvalue weighted by Crippen LogP contribution is -2.04. The zero-order chi connectivity index (χ0) is 12.5. The number of para-hydroxylation sites is 1. The van der Waals surface area contributed by atoms with Gasteiger partial charge in [0, 0.05) is 15.8 Å². The normalized spacial score (nSPS) is 10.7. The second-order valence-electron chi connectivity index (χ2n) is 4.11. The minimum atomic E-state index is -0.000460. The van der Waals surface area contributed by atoms with E-state index in [4.69, 9.17) is 0 Å². The van der Waals surface area contributed by atoms with Crippen LogP contribution in [0, 0.1) is 6.92 Å². The fraction of sp³-hybridized carbons (Fsp3) is 0.0667. The first-order valence-electron chi connectivity index (χ1n) is 5.70. The van der Waals surface area contributed by atoms with Crippen molar-refractivity contribution in [2.45, 2.75) is 6.92 Å². The lowest BCUT2D eigenvalue weighted by molar-refractivity contribution is 0.103. The Bertz CT molecular complexity index is 730. The number of aryl methyl sites for hydroxylation is 1. The number of rotatable bonds is 2. The molecule has 0 aliphatic heterocycles. The maximum atomic E-state index is 12.3. The molecule has 0 fully saturated rings. The standard InChI is InChI=1S/C15H11NOS/c1-10-12(8-9-18-10)15(17)14-7-6-11-4-2-3-5-13(11)16-14/h2-9H,1H3. The molecule has 0 aliphatic carbocycles. The Morgan fingerprint density at radius 3 is 2.72 bits per heavy atom. The number of carbonyl (C=O) groups excluding carboxylic acids is 1. The molecule has 3 aromatic rings. The predicted molar refractivity (Wildman–Crippen MR) is 74.2 cm³/mol. The van der Waals surface area contributed by atoms with Crippen LogP contribution in [0.5, 0.6) is 0 Å². The second-order valence-corrected chi connectivity index (χ2v) is 5.23. The number of nitrogens with zero attached hydrogens (tertiary/aromatic N) is 1. The third-order valence-corrected chi connectivity index (χ3v) is 3.78. The first-order chi connectivity index (χ1) is 8.75. The molecule has 0 amide bonds. The van der Waals surface area contributed by atoms with E-state index in [1.54, 1.807) is 17.4 Å². The van der Waals surface area contributed by atoms with Gasteiger partial charge in [0.1, 0.15) is 5.69 Å². The summed E-state index contributed by atoms with van der Waals surface area (Å²) in [5, 5.41) is 2.99. The van der Waals surface area contributed by atoms with Gasteiger partial charge in [-0.2, -0.15) is 0 Å². The van der Waals surface area contributed by atoms with Gasteiger partial charge in [-0.25, -0.2) is 4.98 Å². The molecule has 0 aliphatic rings. The summed E-state index contributed by atoms with van der Waals surface area (Å²) >= 11 is 1.58. The first-order valence-corrected chi connectivity index (χ1v) is 6.58. The van der Waals surface area contributed by atoms with Gasteiger partial charge in [0.05, 0.1) is 5.52 Å². The molecule has 3 rings (SSSR count). The Morgan fingerprint density at radius 2 is 1.94 bits per heavy atom. The number of carbonyl (C=O) groups is 1. The SMILES string of the molecule is Cc1sccc1C(=O)c1ccc2ccccc2n1. The lowest BCUT2D eigenvalue weighted by Gasteiger charge is -2.02. The monoisotopic (exact) mass is 253 g/mol. The summed E-state index contributed by atoms with van der Waals surface area (Å²) in [6.07, 6.45) is 0. The summed E-state index contributed by atoms with van der Waals surface area (Å²) in [6, 6.07) is 13.4. The minimum absolute atomic E-state index is 0.000460. The second kappa shape index (κ2) is 4.35. The molecule has 0 N–H and O–H groups in total. The summed E-state index contributed by atoms with van der Waals surface area (Å²) in [7, 11) is 0. The van der Waals surface area contributed by atoms with Crippen molar-refractivity contribution in [1.29, 1.82) is 0 Å². The minimum Gasteiger partial charge on any atom is -0.287 e. The Balaban J connectivity index is 2.10. The third kappa shape index (κ3) is 1.83. The molecule has 0 saturated heterocycles. The summed E-state index contributed by atoms with van der Waals surface area (Å²) in [5.74, 6) is -0.000460. The van der Waals surface area contributed by atoms with E-state index < -0.39 is 0 Å². The summed E-state index contributed by atoms with van der Waals surface area (Å²) in [4.78, 5) is 17.8. The van der Waals surface area contributed by atoms with Crippen molar-refractivity contribution in [2.24, 2.45) is 0 Å². The number of fused-ring (bicyclic) bond motifs is 1. The zero-order valence-corrected chi connectivity index (χ0v) is 10.7. The van der Waals surface area contributed by atoms with Crippen molar-refractivity contribution < 1.29 is 4.79 Å². The van der Waals surface area contributed by atoms with E-state index in [0.717, 1.165) is 21.3 Å². The highest BCUT2D eigenvalue weighted by atomic mass is 32.1. The molecule has 18 heavy (non-hydrogen) atoms. The smallest absolute Gasteiger partial charge is 0.212 e. The number of thiophene rings is 1. The molecule has 2 nitrogen and oxygen atoms in total. The number of aromatic nitrogens is 1. The molecule has 0 unspecified atom stereocenters. The molecule has 0 saturated carbocycles. The van der Waals surface area contributed by atoms with Crippen LogP contribution in [0.2, 0.25) is 0 Å². The van der Waals surface area contributed by atoms with Crippen LogP contribution in [-0.4, -0.2) is 10.8 Å². The van der Waals surface area contributed by atoms with Crippen LogP contribution in [-0.2, 0) is 0 Å². The number of ketones is 1. The molecule has 2 heterocycles. The fourth-order valence-electron chi connectivity index (χ4n) is 1.95. The van der Waals surface area contributed by atoms with Gasteiger partial charge in [0.2, 0.25) is 5.78 Å². The number of hydrogen-bond acceptors (Lipinski definition) is 3. The van der Waals surface area contributed by atoms with Gasteiger partial charge in [-0.15, -0.1) is 11.3 Å².